The van der Waals surface area contributed by atoms with Gasteiger partial charge in [0.1, 0.15) is 0 Å². The highest BCUT2D eigenvalue weighted by atomic mass is 32.2. The first-order chi connectivity index (χ1) is 9.63. The predicted octanol–water partition coefficient (Wildman–Crippen LogP) is 3.69. The van der Waals surface area contributed by atoms with Gasteiger partial charge in [-0.1, -0.05) is 26.0 Å². The maximum absolute atomic E-state index is 12.4. The molecule has 3 nitrogen and oxygen atoms in total. The Bertz CT molecular complexity index is 503. The van der Waals surface area contributed by atoms with Gasteiger partial charge in [0, 0.05) is 10.1 Å². The molecule has 0 radical (unpaired) electrons. The molecule has 1 aromatic carbocycles. The number of fused-ring (bicyclic) bond motifs is 2. The summed E-state index contributed by atoms with van der Waals surface area (Å²) in [4.78, 5) is 13.6. The SMILES string of the molecule is CC(C)Sc1ccccc1NC(=O)[C@@H]1C[C@H]2CC[C@H]1O2. The van der Waals surface area contributed by atoms with Crippen LogP contribution in [0.15, 0.2) is 29.2 Å². The van der Waals surface area contributed by atoms with Crippen LogP contribution >= 0.6 is 11.8 Å². The normalized spacial score (nSPS) is 28.1. The van der Waals surface area contributed by atoms with Crippen molar-refractivity contribution in [2.45, 2.75) is 55.5 Å². The highest BCUT2D eigenvalue weighted by Gasteiger charge is 2.44. The first kappa shape index (κ1) is 14.0. The fourth-order valence-corrected chi connectivity index (χ4v) is 3.98. The molecule has 0 unspecified atom stereocenters. The lowest BCUT2D eigenvalue weighted by molar-refractivity contribution is -0.121. The van der Waals surface area contributed by atoms with Gasteiger partial charge in [-0.25, -0.2) is 0 Å². The van der Waals surface area contributed by atoms with Gasteiger partial charge < -0.3 is 10.1 Å². The number of rotatable bonds is 4. The molecule has 1 aromatic rings. The van der Waals surface area contributed by atoms with Crippen molar-refractivity contribution in [2.75, 3.05) is 5.32 Å². The third-order valence-electron chi connectivity index (χ3n) is 3.95. The summed E-state index contributed by atoms with van der Waals surface area (Å²) in [6.07, 6.45) is 3.50. The average molecular weight is 291 g/mol. The van der Waals surface area contributed by atoms with Crippen LogP contribution in [0.25, 0.3) is 0 Å². The van der Waals surface area contributed by atoms with E-state index in [0.29, 0.717) is 11.4 Å². The predicted molar refractivity (Wildman–Crippen MR) is 82.1 cm³/mol. The number of hydrogen-bond acceptors (Lipinski definition) is 3. The summed E-state index contributed by atoms with van der Waals surface area (Å²) in [6.45, 7) is 4.32. The molecule has 0 saturated carbocycles. The van der Waals surface area contributed by atoms with Crippen LogP contribution in [0.2, 0.25) is 0 Å². The molecule has 108 valence electrons. The van der Waals surface area contributed by atoms with Crippen molar-refractivity contribution in [2.24, 2.45) is 5.92 Å². The number of thioether (sulfide) groups is 1. The molecule has 1 amide bonds. The third-order valence-corrected chi connectivity index (χ3v) is 5.03. The molecule has 3 atom stereocenters. The fraction of sp³-hybridized carbons (Fsp3) is 0.562. The van der Waals surface area contributed by atoms with Gasteiger partial charge in [-0.15, -0.1) is 11.8 Å². The van der Waals surface area contributed by atoms with Crippen LogP contribution in [0.1, 0.15) is 33.1 Å². The van der Waals surface area contributed by atoms with Crippen LogP contribution in [-0.2, 0) is 9.53 Å². The summed E-state index contributed by atoms with van der Waals surface area (Å²) in [5, 5.41) is 3.60. The van der Waals surface area contributed by atoms with E-state index < -0.39 is 0 Å². The van der Waals surface area contributed by atoms with Gasteiger partial charge in [0.15, 0.2) is 0 Å². The van der Waals surface area contributed by atoms with Crippen LogP contribution in [0.5, 0.6) is 0 Å². The second-order valence-corrected chi connectivity index (χ2v) is 7.49. The molecular weight excluding hydrogens is 270 g/mol. The van der Waals surface area contributed by atoms with Gasteiger partial charge in [0.25, 0.3) is 0 Å². The van der Waals surface area contributed by atoms with Crippen LogP contribution in [0.4, 0.5) is 5.69 Å². The molecule has 3 rings (SSSR count). The number of nitrogens with one attached hydrogen (secondary N) is 1. The van der Waals surface area contributed by atoms with Crippen molar-refractivity contribution in [1.82, 2.24) is 0 Å². The van der Waals surface area contributed by atoms with Crippen molar-refractivity contribution < 1.29 is 9.53 Å². The lowest BCUT2D eigenvalue weighted by Gasteiger charge is -2.19. The molecule has 1 N–H and O–H groups in total. The zero-order valence-electron chi connectivity index (χ0n) is 12.0. The van der Waals surface area contributed by atoms with E-state index in [2.05, 4.69) is 25.2 Å². The molecule has 2 aliphatic rings. The van der Waals surface area contributed by atoms with Crippen LogP contribution in [0, 0.1) is 5.92 Å². The van der Waals surface area contributed by atoms with Gasteiger partial charge in [-0.3, -0.25) is 4.79 Å². The van der Waals surface area contributed by atoms with E-state index in [1.165, 1.54) is 0 Å². The minimum atomic E-state index is 0.0332. The Morgan fingerprint density at radius 2 is 2.15 bits per heavy atom. The highest BCUT2D eigenvalue weighted by molar-refractivity contribution is 8.00. The third kappa shape index (κ3) is 2.86. The highest BCUT2D eigenvalue weighted by Crippen LogP contribution is 2.39. The van der Waals surface area contributed by atoms with Gasteiger partial charge in [0.05, 0.1) is 23.8 Å². The van der Waals surface area contributed by atoms with Gasteiger partial charge in [-0.2, -0.15) is 0 Å². The molecule has 2 saturated heterocycles. The van der Waals surface area contributed by atoms with E-state index in [0.717, 1.165) is 29.8 Å². The first-order valence-corrected chi connectivity index (χ1v) is 8.23. The van der Waals surface area contributed by atoms with Crippen LogP contribution in [0.3, 0.4) is 0 Å². The van der Waals surface area contributed by atoms with E-state index in [-0.39, 0.29) is 17.9 Å². The number of benzene rings is 1. The zero-order chi connectivity index (χ0) is 14.1. The summed E-state index contributed by atoms with van der Waals surface area (Å²) < 4.78 is 5.77. The van der Waals surface area contributed by atoms with E-state index in [1.807, 2.05) is 18.2 Å². The molecule has 2 fully saturated rings. The number of anilines is 1. The Balaban J connectivity index is 1.70. The topological polar surface area (TPSA) is 38.3 Å². The Labute approximate surface area is 124 Å². The van der Waals surface area contributed by atoms with Crippen molar-refractivity contribution in [3.63, 3.8) is 0 Å². The van der Waals surface area contributed by atoms with Crippen molar-refractivity contribution in [3.8, 4) is 0 Å². The Kier molecular flexibility index (Phi) is 4.03. The van der Waals surface area contributed by atoms with Crippen LogP contribution < -0.4 is 5.32 Å². The molecule has 0 aliphatic carbocycles. The lowest BCUT2D eigenvalue weighted by Crippen LogP contribution is -2.30. The van der Waals surface area contributed by atoms with Crippen molar-refractivity contribution in [1.29, 1.82) is 0 Å². The van der Waals surface area contributed by atoms with Crippen molar-refractivity contribution >= 4 is 23.4 Å². The first-order valence-electron chi connectivity index (χ1n) is 7.35. The molecule has 4 heteroatoms. The quantitative estimate of drug-likeness (QED) is 0.860. The number of carbonyl (C=O) groups excluding carboxylic acids is 1. The molecule has 2 bridgehead atoms. The molecule has 2 heterocycles. The number of para-hydroxylation sites is 1. The second kappa shape index (κ2) is 5.78. The lowest BCUT2D eigenvalue weighted by atomic mass is 9.88. The summed E-state index contributed by atoms with van der Waals surface area (Å²) >= 11 is 1.78. The number of carbonyl (C=O) groups is 1. The summed E-state index contributed by atoms with van der Waals surface area (Å²) in [5.41, 5.74) is 0.930. The van der Waals surface area contributed by atoms with Gasteiger partial charge >= 0.3 is 0 Å². The van der Waals surface area contributed by atoms with Gasteiger partial charge in [0.2, 0.25) is 5.91 Å². The van der Waals surface area contributed by atoms with E-state index in [4.69, 9.17) is 4.74 Å². The molecule has 0 aromatic heterocycles. The summed E-state index contributed by atoms with van der Waals surface area (Å²) in [7, 11) is 0. The minimum absolute atomic E-state index is 0.0332. The summed E-state index contributed by atoms with van der Waals surface area (Å²) in [6, 6.07) is 8.03. The van der Waals surface area contributed by atoms with E-state index >= 15 is 0 Å². The Hall–Kier alpha value is -1.00. The standard InChI is InChI=1S/C16H21NO2S/c1-10(2)20-15-6-4-3-5-13(15)17-16(18)12-9-11-7-8-14(12)19-11/h3-6,10-12,14H,7-9H2,1-2H3,(H,17,18)/t11-,12-,14-/m1/s1. The van der Waals surface area contributed by atoms with Gasteiger partial charge in [-0.05, 0) is 31.4 Å². The number of ether oxygens (including phenoxy) is 1. The second-order valence-electron chi connectivity index (χ2n) is 5.87. The van der Waals surface area contributed by atoms with E-state index in [1.54, 1.807) is 11.8 Å². The fourth-order valence-electron chi connectivity index (χ4n) is 3.07. The maximum Gasteiger partial charge on any atom is 0.230 e. The zero-order valence-corrected chi connectivity index (χ0v) is 12.8. The minimum Gasteiger partial charge on any atom is -0.374 e. The maximum atomic E-state index is 12.4. The molecule has 0 spiro atoms. The largest absolute Gasteiger partial charge is 0.374 e. The summed E-state index contributed by atoms with van der Waals surface area (Å²) in [5.74, 6) is 0.153. The molecule has 20 heavy (non-hydrogen) atoms. The average Bonchev–Trinajstić information content (AvgIpc) is 3.02. The number of amides is 1. The monoisotopic (exact) mass is 291 g/mol. The smallest absolute Gasteiger partial charge is 0.230 e. The number of hydrogen-bond donors (Lipinski definition) is 1. The van der Waals surface area contributed by atoms with Crippen LogP contribution in [-0.4, -0.2) is 23.4 Å². The Morgan fingerprint density at radius 3 is 2.80 bits per heavy atom. The van der Waals surface area contributed by atoms with E-state index in [9.17, 15) is 4.79 Å². The molecular formula is C16H21NO2S. The van der Waals surface area contributed by atoms with Crippen molar-refractivity contribution in [3.05, 3.63) is 24.3 Å². The molecule has 2 aliphatic heterocycles. The Morgan fingerprint density at radius 1 is 1.35 bits per heavy atom.